The molecule has 3 aromatic carbocycles. The molecule has 13 heteroatoms. The number of methoxy groups -OCH3 is 1. The standard InChI is InChI=1S/C32H29ClFN5O6/c1-44-30(42)36-20-9-7-18(8-10-20)28(40)37-25(15-19-16-35-23-6-3-2-5-21(19)23)29(41)39-14-4-13-32(17-39)26-24(38-31(43)45-32)12-11-22(33)27(26)34/h2-3,5-12,16,25,35H,4,13-15,17H2,1H3,(H,36,42)(H,37,40)(H,38,43)/t25-,32-/m0/s1. The SMILES string of the molecule is COC(=O)Nc1ccc(C(=O)N[C@@H](Cc2c[nH]c3ccccc23)C(=O)N2CCC[C@@]3(C2)OC(=O)Nc2ccc(Cl)c(F)c23)cc1. The number of anilines is 2. The van der Waals surface area contributed by atoms with Crippen molar-refractivity contribution in [3.8, 4) is 0 Å². The normalized spacial score (nSPS) is 18.0. The minimum atomic E-state index is -1.46. The monoisotopic (exact) mass is 633 g/mol. The van der Waals surface area contributed by atoms with Crippen LogP contribution in [0, 0.1) is 5.82 Å². The van der Waals surface area contributed by atoms with Gasteiger partial charge in [-0.15, -0.1) is 0 Å². The van der Waals surface area contributed by atoms with Crippen LogP contribution in [0.4, 0.5) is 25.4 Å². The number of halogens is 2. The van der Waals surface area contributed by atoms with E-state index < -0.39 is 41.5 Å². The van der Waals surface area contributed by atoms with Gasteiger partial charge in [0.2, 0.25) is 5.91 Å². The second-order valence-electron chi connectivity index (χ2n) is 10.9. The zero-order chi connectivity index (χ0) is 31.7. The third kappa shape index (κ3) is 5.88. The first-order valence-corrected chi connectivity index (χ1v) is 14.6. The highest BCUT2D eigenvalue weighted by molar-refractivity contribution is 6.31. The first-order valence-electron chi connectivity index (χ1n) is 14.3. The van der Waals surface area contributed by atoms with E-state index in [1.165, 1.54) is 36.3 Å². The Morgan fingerprint density at radius 3 is 2.69 bits per heavy atom. The lowest BCUT2D eigenvalue weighted by molar-refractivity contribution is -0.141. The molecule has 2 aliphatic rings. The van der Waals surface area contributed by atoms with Crippen molar-refractivity contribution in [3.63, 3.8) is 0 Å². The molecule has 1 saturated heterocycles. The van der Waals surface area contributed by atoms with Crippen LogP contribution < -0.4 is 16.0 Å². The zero-order valence-corrected chi connectivity index (χ0v) is 24.9. The number of H-pyrrole nitrogens is 1. The fourth-order valence-corrected chi connectivity index (χ4v) is 6.18. The highest BCUT2D eigenvalue weighted by atomic mass is 35.5. The van der Waals surface area contributed by atoms with Crippen molar-refractivity contribution >= 4 is 57.9 Å². The lowest BCUT2D eigenvalue weighted by Gasteiger charge is -2.45. The number of fused-ring (bicyclic) bond motifs is 3. The number of para-hydroxylation sites is 1. The predicted molar refractivity (Wildman–Crippen MR) is 165 cm³/mol. The summed E-state index contributed by atoms with van der Waals surface area (Å²) in [5.74, 6) is -1.66. The molecule has 6 rings (SSSR count). The van der Waals surface area contributed by atoms with Crippen molar-refractivity contribution in [2.75, 3.05) is 30.8 Å². The molecule has 0 aliphatic carbocycles. The van der Waals surface area contributed by atoms with Crippen molar-refractivity contribution in [1.29, 1.82) is 0 Å². The lowest BCUT2D eigenvalue weighted by atomic mass is 9.82. The van der Waals surface area contributed by atoms with Crippen LogP contribution in [0.1, 0.15) is 34.3 Å². The number of ether oxygens (including phenoxy) is 2. The molecule has 45 heavy (non-hydrogen) atoms. The summed E-state index contributed by atoms with van der Waals surface area (Å²) in [6.45, 7) is 0.175. The molecule has 0 unspecified atom stereocenters. The highest BCUT2D eigenvalue weighted by Gasteiger charge is 2.49. The largest absolute Gasteiger partial charge is 0.453 e. The van der Waals surface area contributed by atoms with Crippen LogP contribution in [0.25, 0.3) is 10.9 Å². The number of rotatable bonds is 6. The van der Waals surface area contributed by atoms with E-state index in [4.69, 9.17) is 16.3 Å². The van der Waals surface area contributed by atoms with E-state index in [2.05, 4.69) is 25.7 Å². The molecule has 4 N–H and O–H groups in total. The van der Waals surface area contributed by atoms with Crippen molar-refractivity contribution in [3.05, 3.63) is 94.4 Å². The smallest absolute Gasteiger partial charge is 0.412 e. The molecule has 232 valence electrons. The van der Waals surface area contributed by atoms with Crippen LogP contribution in [0.5, 0.6) is 0 Å². The fraction of sp³-hybridized carbons (Fsp3) is 0.250. The number of nitrogens with one attached hydrogen (secondary N) is 4. The summed E-state index contributed by atoms with van der Waals surface area (Å²) in [6.07, 6.45) is 1.22. The number of benzene rings is 3. The number of nitrogens with zero attached hydrogens (tertiary/aromatic N) is 1. The van der Waals surface area contributed by atoms with E-state index in [1.807, 2.05) is 24.3 Å². The number of piperidine rings is 1. The van der Waals surface area contributed by atoms with Gasteiger partial charge in [-0.3, -0.25) is 20.2 Å². The molecule has 4 amide bonds. The fourth-order valence-electron chi connectivity index (χ4n) is 6.02. The van der Waals surface area contributed by atoms with Crippen LogP contribution in [0.3, 0.4) is 0 Å². The van der Waals surface area contributed by atoms with Crippen molar-refractivity contribution in [2.24, 2.45) is 0 Å². The van der Waals surface area contributed by atoms with Gasteiger partial charge in [0.1, 0.15) is 6.04 Å². The highest BCUT2D eigenvalue weighted by Crippen LogP contribution is 2.45. The summed E-state index contributed by atoms with van der Waals surface area (Å²) >= 11 is 6.12. The number of carbonyl (C=O) groups excluding carboxylic acids is 4. The quantitative estimate of drug-likeness (QED) is 0.219. The molecule has 1 fully saturated rings. The van der Waals surface area contributed by atoms with Gasteiger partial charge >= 0.3 is 12.2 Å². The van der Waals surface area contributed by atoms with Gasteiger partial charge in [0.05, 0.1) is 29.9 Å². The molecule has 2 atom stereocenters. The summed E-state index contributed by atoms with van der Waals surface area (Å²) in [7, 11) is 1.24. The molecule has 1 aromatic heterocycles. The molecule has 4 aromatic rings. The number of amides is 4. The molecule has 1 spiro atoms. The molecule has 3 heterocycles. The molecular weight excluding hydrogens is 605 g/mol. The Balaban J connectivity index is 1.30. The zero-order valence-electron chi connectivity index (χ0n) is 24.1. The Hall–Kier alpha value is -5.10. The third-order valence-electron chi connectivity index (χ3n) is 8.12. The molecule has 0 bridgehead atoms. The first-order chi connectivity index (χ1) is 21.7. The van der Waals surface area contributed by atoms with E-state index in [9.17, 15) is 19.2 Å². The van der Waals surface area contributed by atoms with Gasteiger partial charge in [0.15, 0.2) is 11.4 Å². The summed E-state index contributed by atoms with van der Waals surface area (Å²) < 4.78 is 25.8. The topological polar surface area (TPSA) is 142 Å². The first kappa shape index (κ1) is 29.9. The van der Waals surface area contributed by atoms with Crippen molar-refractivity contribution in [1.82, 2.24) is 15.2 Å². The van der Waals surface area contributed by atoms with Crippen LogP contribution in [-0.2, 0) is 26.3 Å². The minimum absolute atomic E-state index is 0.0879. The van der Waals surface area contributed by atoms with E-state index in [-0.39, 0.29) is 41.2 Å². The maximum Gasteiger partial charge on any atom is 0.412 e. The van der Waals surface area contributed by atoms with Crippen molar-refractivity contribution in [2.45, 2.75) is 30.9 Å². The van der Waals surface area contributed by atoms with E-state index in [0.29, 0.717) is 18.7 Å². The van der Waals surface area contributed by atoms with E-state index in [1.54, 1.807) is 18.3 Å². The second kappa shape index (κ2) is 12.1. The molecular formula is C32H29ClFN5O6. The maximum absolute atomic E-state index is 15.4. The van der Waals surface area contributed by atoms with Gasteiger partial charge in [-0.25, -0.2) is 14.0 Å². The van der Waals surface area contributed by atoms with Gasteiger partial charge in [-0.05, 0) is 60.9 Å². The molecule has 0 saturated carbocycles. The summed E-state index contributed by atoms with van der Waals surface area (Å²) in [5, 5.41) is 8.68. The Bertz CT molecular complexity index is 1810. The van der Waals surface area contributed by atoms with Gasteiger partial charge < -0.3 is 24.7 Å². The molecule has 0 radical (unpaired) electrons. The van der Waals surface area contributed by atoms with Gasteiger partial charge in [-0.2, -0.15) is 0 Å². The Labute approximate surface area is 262 Å². The van der Waals surface area contributed by atoms with Crippen molar-refractivity contribution < 1.29 is 33.0 Å². The summed E-state index contributed by atoms with van der Waals surface area (Å²) in [4.78, 5) is 56.5. The van der Waals surface area contributed by atoms with Gasteiger partial charge in [0, 0.05) is 41.3 Å². The van der Waals surface area contributed by atoms with Crippen LogP contribution in [0.2, 0.25) is 5.02 Å². The van der Waals surface area contributed by atoms with Crippen LogP contribution >= 0.6 is 11.6 Å². The number of hydrogen-bond acceptors (Lipinski definition) is 6. The van der Waals surface area contributed by atoms with Crippen LogP contribution in [-0.4, -0.2) is 60.1 Å². The average molecular weight is 634 g/mol. The molecule has 2 aliphatic heterocycles. The van der Waals surface area contributed by atoms with Crippen LogP contribution in [0.15, 0.2) is 66.9 Å². The third-order valence-corrected chi connectivity index (χ3v) is 8.42. The maximum atomic E-state index is 15.4. The predicted octanol–water partition coefficient (Wildman–Crippen LogP) is 5.56. The summed E-state index contributed by atoms with van der Waals surface area (Å²) in [6, 6.07) is 15.6. The van der Waals surface area contributed by atoms with E-state index >= 15 is 4.39 Å². The lowest BCUT2D eigenvalue weighted by Crippen LogP contribution is -2.57. The molecule has 11 nitrogen and oxygen atoms in total. The number of aromatic nitrogens is 1. The number of carbonyl (C=O) groups is 4. The minimum Gasteiger partial charge on any atom is -0.453 e. The number of hydrogen-bond donors (Lipinski definition) is 4. The Kier molecular flexibility index (Phi) is 8.07. The number of likely N-dealkylation sites (tertiary alicyclic amines) is 1. The number of aromatic amines is 1. The second-order valence-corrected chi connectivity index (χ2v) is 11.3. The Morgan fingerprint density at radius 2 is 1.91 bits per heavy atom. The van der Waals surface area contributed by atoms with E-state index in [0.717, 1.165) is 16.5 Å². The average Bonchev–Trinajstić information content (AvgIpc) is 3.44. The Morgan fingerprint density at radius 1 is 1.13 bits per heavy atom. The van der Waals surface area contributed by atoms with Gasteiger partial charge in [-0.1, -0.05) is 29.8 Å². The van der Waals surface area contributed by atoms with Gasteiger partial charge in [0.25, 0.3) is 5.91 Å². The summed E-state index contributed by atoms with van der Waals surface area (Å²) in [5.41, 5.74) is 1.23.